The van der Waals surface area contributed by atoms with Crippen LogP contribution in [0.1, 0.15) is 17.4 Å². The van der Waals surface area contributed by atoms with Crippen LogP contribution >= 0.6 is 11.3 Å². The van der Waals surface area contributed by atoms with Crippen LogP contribution in [0.5, 0.6) is 0 Å². The van der Waals surface area contributed by atoms with Crippen LogP contribution in [0.2, 0.25) is 0 Å². The van der Waals surface area contributed by atoms with Crippen molar-refractivity contribution in [3.8, 4) is 0 Å². The van der Waals surface area contributed by atoms with Crippen molar-refractivity contribution in [2.45, 2.75) is 24.1 Å². The molecule has 2 rings (SSSR count). The average Bonchev–Trinajstić information content (AvgIpc) is 2.87. The third-order valence-corrected chi connectivity index (χ3v) is 5.59. The number of aromatic nitrogens is 1. The summed E-state index contributed by atoms with van der Waals surface area (Å²) in [5, 5.41) is 0. The lowest BCUT2D eigenvalue weighted by atomic mass is 10.3. The van der Waals surface area contributed by atoms with E-state index in [1.54, 1.807) is 30.6 Å². The zero-order chi connectivity index (χ0) is 13.0. The molecular weight excluding hydrogens is 268 g/mol. The highest BCUT2D eigenvalue weighted by atomic mass is 32.2. The quantitative estimate of drug-likeness (QED) is 0.914. The second kappa shape index (κ2) is 5.60. The first-order chi connectivity index (χ1) is 8.62. The van der Waals surface area contributed by atoms with E-state index < -0.39 is 10.0 Å². The number of sulfonamides is 1. The number of thiophene rings is 1. The molecule has 1 N–H and O–H groups in total. The molecule has 2 aromatic rings. The van der Waals surface area contributed by atoms with Gasteiger partial charge in [-0.1, -0.05) is 6.92 Å². The predicted octanol–water partition coefficient (Wildman–Crippen LogP) is 2.18. The van der Waals surface area contributed by atoms with E-state index in [1.165, 1.54) is 11.3 Å². The van der Waals surface area contributed by atoms with E-state index in [0.29, 0.717) is 4.21 Å². The number of rotatable bonds is 5. The second-order valence-corrected chi connectivity index (χ2v) is 6.92. The molecule has 0 bridgehead atoms. The normalized spacial score (nSPS) is 11.6. The summed E-state index contributed by atoms with van der Waals surface area (Å²) >= 11 is 1.31. The minimum absolute atomic E-state index is 0.282. The molecule has 96 valence electrons. The number of hydrogen-bond acceptors (Lipinski definition) is 4. The lowest BCUT2D eigenvalue weighted by molar-refractivity contribution is 0.583. The van der Waals surface area contributed by atoms with E-state index in [-0.39, 0.29) is 6.54 Å². The van der Waals surface area contributed by atoms with Crippen molar-refractivity contribution >= 4 is 21.4 Å². The van der Waals surface area contributed by atoms with Gasteiger partial charge in [-0.3, -0.25) is 4.98 Å². The van der Waals surface area contributed by atoms with Crippen molar-refractivity contribution in [1.82, 2.24) is 9.71 Å². The molecule has 0 saturated carbocycles. The standard InChI is InChI=1S/C12H14N2O2S2/c1-2-11-3-4-12(17-11)18(15,16)14-9-10-5-7-13-8-6-10/h3-8,14H,2,9H2,1H3. The van der Waals surface area contributed by atoms with Crippen molar-refractivity contribution in [2.24, 2.45) is 0 Å². The van der Waals surface area contributed by atoms with Gasteiger partial charge in [-0.15, -0.1) is 11.3 Å². The number of hydrogen-bond donors (Lipinski definition) is 1. The van der Waals surface area contributed by atoms with Crippen LogP contribution in [-0.2, 0) is 23.0 Å². The second-order valence-electron chi connectivity index (χ2n) is 3.75. The highest BCUT2D eigenvalue weighted by molar-refractivity contribution is 7.91. The van der Waals surface area contributed by atoms with Gasteiger partial charge in [0.1, 0.15) is 4.21 Å². The largest absolute Gasteiger partial charge is 0.265 e. The van der Waals surface area contributed by atoms with E-state index in [9.17, 15) is 8.42 Å². The summed E-state index contributed by atoms with van der Waals surface area (Å²) in [4.78, 5) is 4.96. The van der Waals surface area contributed by atoms with Gasteiger partial charge in [0.15, 0.2) is 0 Å². The van der Waals surface area contributed by atoms with E-state index in [1.807, 2.05) is 13.0 Å². The Kier molecular flexibility index (Phi) is 4.11. The summed E-state index contributed by atoms with van der Waals surface area (Å²) in [6.07, 6.45) is 4.14. The molecule has 6 heteroatoms. The molecule has 0 spiro atoms. The molecule has 2 heterocycles. The van der Waals surface area contributed by atoms with Crippen molar-refractivity contribution in [2.75, 3.05) is 0 Å². The molecular formula is C12H14N2O2S2. The number of nitrogens with zero attached hydrogens (tertiary/aromatic N) is 1. The molecule has 0 amide bonds. The Morgan fingerprint density at radius 2 is 1.94 bits per heavy atom. The highest BCUT2D eigenvalue weighted by Crippen LogP contribution is 2.21. The SMILES string of the molecule is CCc1ccc(S(=O)(=O)NCc2ccncc2)s1. The van der Waals surface area contributed by atoms with Crippen LogP contribution in [0.15, 0.2) is 40.9 Å². The lowest BCUT2D eigenvalue weighted by Gasteiger charge is -2.04. The van der Waals surface area contributed by atoms with Crippen molar-refractivity contribution in [3.05, 3.63) is 47.1 Å². The first kappa shape index (κ1) is 13.2. The maximum atomic E-state index is 12.0. The predicted molar refractivity (Wildman–Crippen MR) is 72.0 cm³/mol. The van der Waals surface area contributed by atoms with Crippen LogP contribution < -0.4 is 4.72 Å². The number of pyridine rings is 1. The Bertz CT molecular complexity index is 606. The monoisotopic (exact) mass is 282 g/mol. The van der Waals surface area contributed by atoms with Crippen LogP contribution in [0.25, 0.3) is 0 Å². The summed E-state index contributed by atoms with van der Waals surface area (Å²) < 4.78 is 27.0. The Morgan fingerprint density at radius 3 is 2.56 bits per heavy atom. The molecule has 2 aromatic heterocycles. The third kappa shape index (κ3) is 3.16. The van der Waals surface area contributed by atoms with E-state index in [2.05, 4.69) is 9.71 Å². The molecule has 0 aliphatic carbocycles. The fourth-order valence-electron chi connectivity index (χ4n) is 1.44. The Balaban J connectivity index is 2.08. The zero-order valence-corrected chi connectivity index (χ0v) is 11.6. The highest BCUT2D eigenvalue weighted by Gasteiger charge is 2.15. The summed E-state index contributed by atoms with van der Waals surface area (Å²) in [5.74, 6) is 0. The summed E-state index contributed by atoms with van der Waals surface area (Å²) in [7, 11) is -3.40. The molecule has 18 heavy (non-hydrogen) atoms. The minimum Gasteiger partial charge on any atom is -0.265 e. The van der Waals surface area contributed by atoms with Gasteiger partial charge in [0.25, 0.3) is 0 Å². The maximum Gasteiger partial charge on any atom is 0.250 e. The Labute approximate surface area is 111 Å². The molecule has 0 fully saturated rings. The minimum atomic E-state index is -3.40. The summed E-state index contributed by atoms with van der Waals surface area (Å²) in [5.41, 5.74) is 0.890. The first-order valence-corrected chi connectivity index (χ1v) is 7.89. The Hall–Kier alpha value is -1.24. The smallest absolute Gasteiger partial charge is 0.250 e. The van der Waals surface area contributed by atoms with Crippen LogP contribution in [0.4, 0.5) is 0 Å². The third-order valence-electron chi connectivity index (χ3n) is 2.47. The van der Waals surface area contributed by atoms with Gasteiger partial charge in [0, 0.05) is 23.8 Å². The molecule has 0 saturated heterocycles. The molecule has 0 unspecified atom stereocenters. The van der Waals surface area contributed by atoms with E-state index in [0.717, 1.165) is 16.9 Å². The lowest BCUT2D eigenvalue weighted by Crippen LogP contribution is -2.22. The fourth-order valence-corrected chi connectivity index (χ4v) is 3.80. The van der Waals surface area contributed by atoms with Crippen molar-refractivity contribution in [1.29, 1.82) is 0 Å². The van der Waals surface area contributed by atoms with Gasteiger partial charge >= 0.3 is 0 Å². The molecule has 0 atom stereocenters. The average molecular weight is 282 g/mol. The van der Waals surface area contributed by atoms with Gasteiger partial charge < -0.3 is 0 Å². The number of nitrogens with one attached hydrogen (secondary N) is 1. The van der Waals surface area contributed by atoms with Crippen LogP contribution in [0, 0.1) is 0 Å². The molecule has 4 nitrogen and oxygen atoms in total. The van der Waals surface area contributed by atoms with E-state index in [4.69, 9.17) is 0 Å². The van der Waals surface area contributed by atoms with Gasteiger partial charge in [-0.2, -0.15) is 0 Å². The van der Waals surface area contributed by atoms with Gasteiger partial charge in [0.2, 0.25) is 10.0 Å². The van der Waals surface area contributed by atoms with Crippen LogP contribution in [-0.4, -0.2) is 13.4 Å². The summed E-state index contributed by atoms with van der Waals surface area (Å²) in [6.45, 7) is 2.29. The Morgan fingerprint density at radius 1 is 1.22 bits per heavy atom. The van der Waals surface area contributed by atoms with E-state index >= 15 is 0 Å². The van der Waals surface area contributed by atoms with Gasteiger partial charge in [-0.05, 0) is 36.2 Å². The zero-order valence-electron chi connectivity index (χ0n) is 9.96. The number of aryl methyl sites for hydroxylation is 1. The van der Waals surface area contributed by atoms with Crippen molar-refractivity contribution in [3.63, 3.8) is 0 Å². The molecule has 0 radical (unpaired) electrons. The molecule has 0 aliphatic rings. The summed E-state index contributed by atoms with van der Waals surface area (Å²) in [6, 6.07) is 7.08. The van der Waals surface area contributed by atoms with Gasteiger partial charge in [-0.25, -0.2) is 13.1 Å². The fraction of sp³-hybridized carbons (Fsp3) is 0.250. The topological polar surface area (TPSA) is 59.1 Å². The first-order valence-electron chi connectivity index (χ1n) is 5.59. The molecule has 0 aromatic carbocycles. The maximum absolute atomic E-state index is 12.0. The van der Waals surface area contributed by atoms with Gasteiger partial charge in [0.05, 0.1) is 0 Å². The molecule has 0 aliphatic heterocycles. The van der Waals surface area contributed by atoms with Crippen molar-refractivity contribution < 1.29 is 8.42 Å². The van der Waals surface area contributed by atoms with Crippen LogP contribution in [0.3, 0.4) is 0 Å².